The average molecular weight is 287 g/mol. The van der Waals surface area contributed by atoms with Crippen molar-refractivity contribution in [1.82, 2.24) is 4.98 Å². The van der Waals surface area contributed by atoms with Crippen molar-refractivity contribution in [1.29, 1.82) is 0 Å². The van der Waals surface area contributed by atoms with Gasteiger partial charge in [0.15, 0.2) is 0 Å². The number of benzene rings is 1. The topological polar surface area (TPSA) is 12.9 Å². The van der Waals surface area contributed by atoms with Gasteiger partial charge in [0.1, 0.15) is 0 Å². The fourth-order valence-electron chi connectivity index (χ4n) is 2.43. The fraction of sp³-hybridized carbons (Fsp3) is 0.308. The van der Waals surface area contributed by atoms with Crippen LogP contribution in [0.15, 0.2) is 6.07 Å². The average Bonchev–Trinajstić information content (AvgIpc) is 2.74. The quantitative estimate of drug-likeness (QED) is 0.664. The van der Waals surface area contributed by atoms with Crippen LogP contribution in [0.3, 0.4) is 0 Å². The second kappa shape index (κ2) is 4.01. The maximum atomic E-state index is 6.45. The Bertz CT molecular complexity index is 635. The van der Waals surface area contributed by atoms with Crippen LogP contribution in [-0.2, 0) is 12.8 Å². The molecular formula is C13H10Cl3N. The van der Waals surface area contributed by atoms with Crippen molar-refractivity contribution in [2.45, 2.75) is 26.2 Å². The highest BCUT2D eigenvalue weighted by molar-refractivity contribution is 6.45. The van der Waals surface area contributed by atoms with Gasteiger partial charge in [0.2, 0.25) is 0 Å². The van der Waals surface area contributed by atoms with Crippen LogP contribution in [0, 0.1) is 6.92 Å². The fourth-order valence-corrected chi connectivity index (χ4v) is 3.40. The van der Waals surface area contributed by atoms with Gasteiger partial charge in [-0.15, -0.1) is 0 Å². The van der Waals surface area contributed by atoms with E-state index in [0.29, 0.717) is 10.0 Å². The Hall–Kier alpha value is -0.500. The summed E-state index contributed by atoms with van der Waals surface area (Å²) >= 11 is 19.0. The van der Waals surface area contributed by atoms with Crippen LogP contribution < -0.4 is 0 Å². The van der Waals surface area contributed by atoms with Crippen LogP contribution in [0.2, 0.25) is 15.1 Å². The van der Waals surface area contributed by atoms with Gasteiger partial charge in [-0.3, -0.25) is 4.98 Å². The Morgan fingerprint density at radius 2 is 1.88 bits per heavy atom. The molecule has 0 N–H and O–H groups in total. The minimum Gasteiger partial charge on any atom is -0.251 e. The van der Waals surface area contributed by atoms with E-state index in [1.807, 2.05) is 13.0 Å². The molecule has 1 aliphatic rings. The van der Waals surface area contributed by atoms with Gasteiger partial charge in [0, 0.05) is 11.1 Å². The van der Waals surface area contributed by atoms with E-state index in [0.717, 1.165) is 52.0 Å². The maximum Gasteiger partial charge on any atom is 0.0921 e. The standard InChI is InChI=1S/C13H10Cl3N/c1-6-5-8(14)13-10(11(6)15)12(16)7-3-2-4-9(7)17-13/h5H,2-4H2,1H3. The molecule has 88 valence electrons. The lowest BCUT2D eigenvalue weighted by atomic mass is 10.1. The molecule has 1 heterocycles. The first-order valence-electron chi connectivity index (χ1n) is 5.55. The first-order chi connectivity index (χ1) is 8.09. The van der Waals surface area contributed by atoms with Gasteiger partial charge in [-0.05, 0) is 43.4 Å². The molecule has 0 amide bonds. The van der Waals surface area contributed by atoms with Gasteiger partial charge in [-0.25, -0.2) is 0 Å². The highest BCUT2D eigenvalue weighted by Gasteiger charge is 2.21. The summed E-state index contributed by atoms with van der Waals surface area (Å²) in [7, 11) is 0. The summed E-state index contributed by atoms with van der Waals surface area (Å²) in [6, 6.07) is 1.84. The van der Waals surface area contributed by atoms with E-state index in [1.54, 1.807) is 0 Å². The lowest BCUT2D eigenvalue weighted by Crippen LogP contribution is -1.94. The van der Waals surface area contributed by atoms with E-state index in [4.69, 9.17) is 34.8 Å². The second-order valence-corrected chi connectivity index (χ2v) is 5.58. The normalized spacial score (nSPS) is 14.4. The summed E-state index contributed by atoms with van der Waals surface area (Å²) in [6.45, 7) is 1.93. The first-order valence-corrected chi connectivity index (χ1v) is 6.68. The summed E-state index contributed by atoms with van der Waals surface area (Å²) in [4.78, 5) is 4.62. The number of halogens is 3. The summed E-state index contributed by atoms with van der Waals surface area (Å²) in [6.07, 6.45) is 3.07. The molecule has 0 bridgehead atoms. The molecule has 0 spiro atoms. The van der Waals surface area contributed by atoms with Gasteiger partial charge >= 0.3 is 0 Å². The van der Waals surface area contributed by atoms with Crippen molar-refractivity contribution in [3.05, 3.63) is 38.0 Å². The summed E-state index contributed by atoms with van der Waals surface area (Å²) in [5.41, 5.74) is 3.88. The number of fused-ring (bicyclic) bond motifs is 2. The van der Waals surface area contributed by atoms with Crippen molar-refractivity contribution in [2.24, 2.45) is 0 Å². The van der Waals surface area contributed by atoms with Crippen molar-refractivity contribution in [3.63, 3.8) is 0 Å². The van der Waals surface area contributed by atoms with Gasteiger partial charge in [-0.2, -0.15) is 0 Å². The third-order valence-corrected chi connectivity index (χ3v) is 4.48. The van der Waals surface area contributed by atoms with Crippen molar-refractivity contribution < 1.29 is 0 Å². The summed E-state index contributed by atoms with van der Waals surface area (Å²) in [5.74, 6) is 0. The van der Waals surface area contributed by atoms with E-state index in [9.17, 15) is 0 Å². The Morgan fingerprint density at radius 1 is 1.12 bits per heavy atom. The zero-order valence-electron chi connectivity index (χ0n) is 9.28. The summed E-state index contributed by atoms with van der Waals surface area (Å²) < 4.78 is 0. The predicted octanol–water partition coefficient (Wildman–Crippen LogP) is 4.99. The molecule has 1 aromatic heterocycles. The van der Waals surface area contributed by atoms with E-state index in [-0.39, 0.29) is 0 Å². The van der Waals surface area contributed by atoms with Gasteiger partial charge in [0.25, 0.3) is 0 Å². The molecule has 3 rings (SSSR count). The van der Waals surface area contributed by atoms with E-state index in [1.165, 1.54) is 0 Å². The third-order valence-electron chi connectivity index (χ3n) is 3.29. The Morgan fingerprint density at radius 3 is 2.65 bits per heavy atom. The Balaban J connectivity index is 2.52. The number of aromatic nitrogens is 1. The van der Waals surface area contributed by atoms with E-state index < -0.39 is 0 Å². The van der Waals surface area contributed by atoms with Crippen LogP contribution >= 0.6 is 34.8 Å². The number of nitrogens with zero attached hydrogens (tertiary/aromatic N) is 1. The number of hydrogen-bond acceptors (Lipinski definition) is 1. The van der Waals surface area contributed by atoms with Gasteiger partial charge in [0.05, 0.1) is 20.6 Å². The van der Waals surface area contributed by atoms with Crippen LogP contribution in [0.4, 0.5) is 0 Å². The van der Waals surface area contributed by atoms with Gasteiger partial charge in [-0.1, -0.05) is 34.8 Å². The zero-order valence-corrected chi connectivity index (χ0v) is 11.5. The molecule has 0 atom stereocenters. The van der Waals surface area contributed by atoms with Crippen molar-refractivity contribution in [2.75, 3.05) is 0 Å². The molecular weight excluding hydrogens is 277 g/mol. The molecule has 0 fully saturated rings. The molecule has 0 radical (unpaired) electrons. The molecule has 1 nitrogen and oxygen atoms in total. The highest BCUT2D eigenvalue weighted by Crippen LogP contribution is 2.40. The predicted molar refractivity (Wildman–Crippen MR) is 73.5 cm³/mol. The minimum atomic E-state index is 0.624. The second-order valence-electron chi connectivity index (χ2n) is 4.42. The minimum absolute atomic E-state index is 0.624. The van der Waals surface area contributed by atoms with Crippen LogP contribution in [0.25, 0.3) is 10.9 Å². The number of pyridine rings is 1. The monoisotopic (exact) mass is 285 g/mol. The largest absolute Gasteiger partial charge is 0.251 e. The summed E-state index contributed by atoms with van der Waals surface area (Å²) in [5, 5.41) is 2.83. The number of hydrogen-bond donors (Lipinski definition) is 0. The number of aryl methyl sites for hydroxylation is 2. The molecule has 4 heteroatoms. The van der Waals surface area contributed by atoms with Crippen molar-refractivity contribution in [3.8, 4) is 0 Å². The Labute approximate surface area is 115 Å². The van der Waals surface area contributed by atoms with E-state index in [2.05, 4.69) is 4.98 Å². The van der Waals surface area contributed by atoms with Crippen LogP contribution in [-0.4, -0.2) is 4.98 Å². The third kappa shape index (κ3) is 1.64. The molecule has 17 heavy (non-hydrogen) atoms. The lowest BCUT2D eigenvalue weighted by Gasteiger charge is -2.11. The zero-order chi connectivity index (χ0) is 12.2. The van der Waals surface area contributed by atoms with E-state index >= 15 is 0 Å². The molecule has 0 saturated carbocycles. The number of rotatable bonds is 0. The molecule has 1 aromatic carbocycles. The molecule has 0 unspecified atom stereocenters. The lowest BCUT2D eigenvalue weighted by molar-refractivity contribution is 0.901. The SMILES string of the molecule is Cc1cc(Cl)c2nc3c(c(Cl)c2c1Cl)CCC3. The van der Waals surface area contributed by atoms with Crippen LogP contribution in [0.1, 0.15) is 23.2 Å². The molecule has 2 aromatic rings. The highest BCUT2D eigenvalue weighted by atomic mass is 35.5. The van der Waals surface area contributed by atoms with Crippen LogP contribution in [0.5, 0.6) is 0 Å². The van der Waals surface area contributed by atoms with Gasteiger partial charge < -0.3 is 0 Å². The smallest absolute Gasteiger partial charge is 0.0921 e. The molecule has 1 aliphatic carbocycles. The molecule has 0 saturated heterocycles. The Kier molecular flexibility index (Phi) is 2.73. The first kappa shape index (κ1) is 11.6. The maximum absolute atomic E-state index is 6.45. The van der Waals surface area contributed by atoms with Crippen molar-refractivity contribution >= 4 is 45.7 Å². The molecule has 0 aliphatic heterocycles.